The molecule has 3 aliphatic heterocycles. The van der Waals surface area contributed by atoms with Crippen molar-refractivity contribution in [3.05, 3.63) is 0 Å². The van der Waals surface area contributed by atoms with Crippen molar-refractivity contribution in [2.75, 3.05) is 45.0 Å². The van der Waals surface area contributed by atoms with Gasteiger partial charge in [0.05, 0.1) is 20.1 Å². The molecule has 3 rings (SSSR count). The first kappa shape index (κ1) is 61.6. The second-order valence-corrected chi connectivity index (χ2v) is 17.3. The average Bonchev–Trinajstić information content (AvgIpc) is 3.27. The highest BCUT2D eigenvalue weighted by Crippen LogP contribution is 2.38. The van der Waals surface area contributed by atoms with Gasteiger partial charge in [-0.1, -0.05) is 0 Å². The number of methoxy groups -OCH3 is 1. The first-order valence-corrected chi connectivity index (χ1v) is 23.6. The molecule has 29 heteroatoms. The van der Waals surface area contributed by atoms with Crippen molar-refractivity contribution in [2.24, 2.45) is 0 Å². The number of hydrogen-bond donors (Lipinski definition) is 0. The maximum atomic E-state index is 13.1. The van der Waals surface area contributed by atoms with Gasteiger partial charge < -0.3 is 80.5 Å². The molecule has 15 atom stereocenters. The molecule has 3 saturated heterocycles. The van der Waals surface area contributed by atoms with Crippen LogP contribution in [0.4, 0.5) is 0 Å². The maximum absolute atomic E-state index is 13.1. The number of ether oxygens (including phenoxy) is 17. The quantitative estimate of drug-likeness (QED) is 0.0665. The van der Waals surface area contributed by atoms with Gasteiger partial charge in [-0.05, 0) is 0 Å². The van der Waals surface area contributed by atoms with Gasteiger partial charge in [-0.25, -0.2) is 0 Å². The molecule has 0 radical (unpaired) electrons. The third kappa shape index (κ3) is 20.3. The molecule has 3 heterocycles. The van der Waals surface area contributed by atoms with E-state index in [0.717, 1.165) is 69.2 Å². The van der Waals surface area contributed by atoms with Gasteiger partial charge >= 0.3 is 65.7 Å². The van der Waals surface area contributed by atoms with Crippen LogP contribution in [0.3, 0.4) is 0 Å². The number of esters is 11. The van der Waals surface area contributed by atoms with E-state index >= 15 is 0 Å². The van der Waals surface area contributed by atoms with Gasteiger partial charge in [-0.3, -0.25) is 52.7 Å². The fraction of sp³-hybridized carbons (Fsp3) is 0.750. The molecule has 0 bridgehead atoms. The first-order chi connectivity index (χ1) is 34.3. The third-order valence-electron chi connectivity index (χ3n) is 10.0. The van der Waals surface area contributed by atoms with E-state index in [0.29, 0.717) is 5.75 Å². The Labute approximate surface area is 422 Å². The lowest BCUT2D eigenvalue weighted by molar-refractivity contribution is -0.380. The van der Waals surface area contributed by atoms with Crippen LogP contribution in [0.1, 0.15) is 75.7 Å². The Morgan fingerprint density at radius 2 is 0.671 bits per heavy atom. The van der Waals surface area contributed by atoms with Crippen molar-refractivity contribution in [3.63, 3.8) is 0 Å². The molecule has 412 valence electrons. The molecule has 0 amide bonds. The van der Waals surface area contributed by atoms with Crippen LogP contribution in [-0.4, -0.2) is 203 Å². The van der Waals surface area contributed by atoms with Crippen LogP contribution in [-0.2, 0) is 133 Å². The average molecular weight is 1070 g/mol. The monoisotopic (exact) mass is 1070 g/mol. The molecular formula is C44H62O28S. The van der Waals surface area contributed by atoms with Crippen molar-refractivity contribution < 1.29 is 133 Å². The highest BCUT2D eigenvalue weighted by Gasteiger charge is 2.60. The highest BCUT2D eigenvalue weighted by atomic mass is 32.2. The van der Waals surface area contributed by atoms with E-state index in [2.05, 4.69) is 4.74 Å². The Morgan fingerprint density at radius 3 is 1.01 bits per heavy atom. The topological polar surface area (TPSA) is 345 Å². The number of hydrogen-bond acceptors (Lipinski definition) is 29. The van der Waals surface area contributed by atoms with Crippen molar-refractivity contribution in [3.8, 4) is 0 Å². The molecule has 0 unspecified atom stereocenters. The smallest absolute Gasteiger partial charge is 0.306 e. The van der Waals surface area contributed by atoms with Crippen LogP contribution >= 0.6 is 11.8 Å². The van der Waals surface area contributed by atoms with Crippen LogP contribution in [0.5, 0.6) is 0 Å². The normalized spacial score (nSPS) is 29.7. The first-order valence-electron chi connectivity index (χ1n) is 22.5. The summed E-state index contributed by atoms with van der Waals surface area (Å²) < 4.78 is 97.2. The zero-order valence-electron chi connectivity index (χ0n) is 41.9. The van der Waals surface area contributed by atoms with E-state index in [4.69, 9.17) is 75.8 Å². The maximum Gasteiger partial charge on any atom is 0.306 e. The number of thioether (sulfide) groups is 1. The second kappa shape index (κ2) is 29.8. The molecule has 0 spiro atoms. The summed E-state index contributed by atoms with van der Waals surface area (Å²) in [5.41, 5.74) is 0. The largest absolute Gasteiger partial charge is 0.469 e. The molecular weight excluding hydrogens is 1010 g/mol. The lowest BCUT2D eigenvalue weighted by Gasteiger charge is -2.50. The van der Waals surface area contributed by atoms with Crippen LogP contribution in [0, 0.1) is 0 Å². The van der Waals surface area contributed by atoms with E-state index < -0.39 is 178 Å². The van der Waals surface area contributed by atoms with Crippen LogP contribution in [0.2, 0.25) is 0 Å². The summed E-state index contributed by atoms with van der Waals surface area (Å²) in [6.45, 7) is 7.76. The molecule has 0 N–H and O–H groups in total. The van der Waals surface area contributed by atoms with Crippen molar-refractivity contribution >= 4 is 77.4 Å². The van der Waals surface area contributed by atoms with Gasteiger partial charge in [-0.2, -0.15) is 11.8 Å². The summed E-state index contributed by atoms with van der Waals surface area (Å²) in [6, 6.07) is 0. The minimum Gasteiger partial charge on any atom is -0.469 e. The summed E-state index contributed by atoms with van der Waals surface area (Å²) in [6.07, 6.45) is -26.5. The summed E-state index contributed by atoms with van der Waals surface area (Å²) in [4.78, 5) is 138. The van der Waals surface area contributed by atoms with Crippen molar-refractivity contribution in [2.45, 2.75) is 168 Å². The van der Waals surface area contributed by atoms with Gasteiger partial charge in [0, 0.05) is 80.7 Å². The lowest BCUT2D eigenvalue weighted by atomic mass is 9.95. The molecule has 28 nitrogen and oxygen atoms in total. The van der Waals surface area contributed by atoms with Crippen LogP contribution < -0.4 is 0 Å². The second-order valence-electron chi connectivity index (χ2n) is 16.1. The number of carbonyl (C=O) groups is 11. The predicted molar refractivity (Wildman–Crippen MR) is 234 cm³/mol. The summed E-state index contributed by atoms with van der Waals surface area (Å²) >= 11 is 1.30. The van der Waals surface area contributed by atoms with Crippen molar-refractivity contribution in [1.29, 1.82) is 0 Å². The zero-order valence-corrected chi connectivity index (χ0v) is 42.8. The Kier molecular flexibility index (Phi) is 25.2. The molecule has 3 fully saturated rings. The molecule has 0 aromatic carbocycles. The van der Waals surface area contributed by atoms with Gasteiger partial charge in [0.25, 0.3) is 0 Å². The van der Waals surface area contributed by atoms with E-state index in [1.54, 1.807) is 0 Å². The van der Waals surface area contributed by atoms with Crippen molar-refractivity contribution in [1.82, 2.24) is 0 Å². The zero-order chi connectivity index (χ0) is 54.7. The van der Waals surface area contributed by atoms with Gasteiger partial charge in [0.15, 0.2) is 61.6 Å². The Bertz CT molecular complexity index is 1960. The summed E-state index contributed by atoms with van der Waals surface area (Å²) in [5.74, 6) is -9.34. The van der Waals surface area contributed by atoms with Crippen LogP contribution in [0.25, 0.3) is 0 Å². The molecule has 73 heavy (non-hydrogen) atoms. The Hall–Kier alpha value is -5.72. The summed E-state index contributed by atoms with van der Waals surface area (Å²) in [5, 5.41) is 0. The Balaban J connectivity index is 2.25. The fourth-order valence-corrected chi connectivity index (χ4v) is 8.20. The lowest BCUT2D eigenvalue weighted by Crippen LogP contribution is -2.69. The van der Waals surface area contributed by atoms with Gasteiger partial charge in [0.2, 0.25) is 0 Å². The molecule has 0 saturated carbocycles. The third-order valence-corrected chi connectivity index (χ3v) is 11.0. The van der Waals surface area contributed by atoms with E-state index in [-0.39, 0.29) is 18.8 Å². The highest BCUT2D eigenvalue weighted by molar-refractivity contribution is 7.99. The SMILES string of the molecule is COC(=O)CCSCCO[C@@H]1O[C@H](COC(C)=O)[C@@H](O[C@@H]2O[C@H](COC(C)=O)[C@H](O[C@H]3O[C@H](COC(C)=O)[C@H](OC(C)=O)[C@H](OC(C)=O)[C@H]3OC(C)=O)[C@H](OC(C)=O)[C@H]2OC(C)=O)[C@H](OC(C)=O)[C@H]1OC(C)=O. The number of carbonyl (C=O) groups excluding carboxylic acids is 11. The number of rotatable bonds is 24. The fourth-order valence-electron chi connectivity index (χ4n) is 7.47. The van der Waals surface area contributed by atoms with Gasteiger partial charge in [0.1, 0.15) is 50.3 Å². The summed E-state index contributed by atoms with van der Waals surface area (Å²) in [7, 11) is 1.24. The van der Waals surface area contributed by atoms with E-state index in [9.17, 15) is 52.7 Å². The van der Waals surface area contributed by atoms with Gasteiger partial charge in [-0.15, -0.1) is 0 Å². The Morgan fingerprint density at radius 1 is 0.370 bits per heavy atom. The van der Waals surface area contributed by atoms with E-state index in [1.807, 2.05) is 0 Å². The predicted octanol–water partition coefficient (Wildman–Crippen LogP) is -0.544. The van der Waals surface area contributed by atoms with E-state index in [1.165, 1.54) is 18.9 Å². The molecule has 3 aliphatic rings. The minimum absolute atomic E-state index is 0.0928. The minimum atomic E-state index is -2.03. The molecule has 0 aliphatic carbocycles. The van der Waals surface area contributed by atoms with Crippen LogP contribution in [0.15, 0.2) is 0 Å². The standard InChI is InChI=1S/C44H62O28S/c1-19(45)58-16-29-33(61-22(4)48)36(62-23(5)49)40(66-27(9)53)43(69-29)72-35-31(18-60-21(3)47)70-44(41(67-28(10)54)38(35)64-25(7)51)71-34-30(17-59-20(2)46)68-42(57-13-15-73-14-12-32(55)56-11)39(65-26(8)52)37(34)63-24(6)50/h29-31,33-44H,12-18H2,1-11H3/t29-,30-,31-,33+,34-,35+,36+,37+,38+,39-,40-,41-,42-,43-,44+/m1/s1. The molecule has 0 aromatic rings. The molecule has 0 aromatic heterocycles.